The molecule has 8 rings (SSSR count). The number of piperidine rings is 1. The van der Waals surface area contributed by atoms with E-state index in [9.17, 15) is 4.79 Å². The number of imidazole rings is 1. The molecular formula is C31H36N6O3. The summed E-state index contributed by atoms with van der Waals surface area (Å²) in [6.45, 7) is 3.97. The first-order chi connectivity index (χ1) is 19.6. The number of carbonyl (C=O) groups is 1. The van der Waals surface area contributed by atoms with Gasteiger partial charge in [0.1, 0.15) is 16.9 Å². The SMILES string of the molecule is COc1cc(C(=O)N2C[C@H]3CC[C@@H]2[C@@H]3N)cc2nc(-c3cc4cccnc4n3CC3CC3)n(C[C@H]3CCOC3)c12. The van der Waals surface area contributed by atoms with Gasteiger partial charge in [-0.3, -0.25) is 4.79 Å². The summed E-state index contributed by atoms with van der Waals surface area (Å²) in [6, 6.07) is 10.4. The molecule has 1 aromatic carbocycles. The van der Waals surface area contributed by atoms with Crippen molar-refractivity contribution in [2.75, 3.05) is 26.9 Å². The second-order valence-electron chi connectivity index (χ2n) is 12.3. The van der Waals surface area contributed by atoms with E-state index in [1.165, 1.54) is 12.8 Å². The van der Waals surface area contributed by atoms with E-state index >= 15 is 0 Å². The third-order valence-corrected chi connectivity index (χ3v) is 9.67. The number of benzene rings is 1. The molecule has 3 aromatic heterocycles. The summed E-state index contributed by atoms with van der Waals surface area (Å²) in [4.78, 5) is 25.8. The van der Waals surface area contributed by atoms with Crippen LogP contribution >= 0.6 is 0 Å². The monoisotopic (exact) mass is 540 g/mol. The normalized spacial score (nSPS) is 26.0. The van der Waals surface area contributed by atoms with Crippen LogP contribution < -0.4 is 10.5 Å². The molecule has 2 aliphatic heterocycles. The maximum absolute atomic E-state index is 13.8. The largest absolute Gasteiger partial charge is 0.494 e. The molecule has 4 aliphatic rings. The summed E-state index contributed by atoms with van der Waals surface area (Å²) >= 11 is 0. The number of rotatable bonds is 7. The molecule has 40 heavy (non-hydrogen) atoms. The molecule has 1 amide bonds. The molecule has 0 radical (unpaired) electrons. The van der Waals surface area contributed by atoms with Crippen LogP contribution in [-0.2, 0) is 17.8 Å². The molecule has 5 heterocycles. The fraction of sp³-hybridized carbons (Fsp3) is 0.516. The Hall–Kier alpha value is -3.43. The van der Waals surface area contributed by atoms with Crippen molar-refractivity contribution in [2.24, 2.45) is 23.5 Å². The van der Waals surface area contributed by atoms with Crippen molar-refractivity contribution < 1.29 is 14.3 Å². The number of likely N-dealkylation sites (tertiary alicyclic amines) is 1. The van der Waals surface area contributed by atoms with Crippen molar-refractivity contribution in [3.05, 3.63) is 42.1 Å². The number of hydrogen-bond donors (Lipinski definition) is 1. The average Bonchev–Trinajstić information content (AvgIpc) is 3.34. The molecule has 0 spiro atoms. The molecule has 9 nitrogen and oxygen atoms in total. The highest BCUT2D eigenvalue weighted by molar-refractivity contribution is 6.00. The molecule has 2 N–H and O–H groups in total. The van der Waals surface area contributed by atoms with Gasteiger partial charge in [0, 0.05) is 61.4 Å². The van der Waals surface area contributed by atoms with E-state index in [-0.39, 0.29) is 18.0 Å². The van der Waals surface area contributed by atoms with Crippen molar-refractivity contribution >= 4 is 28.0 Å². The smallest absolute Gasteiger partial charge is 0.254 e. The third-order valence-electron chi connectivity index (χ3n) is 9.67. The molecule has 4 atom stereocenters. The van der Waals surface area contributed by atoms with Gasteiger partial charge in [-0.15, -0.1) is 0 Å². The number of fused-ring (bicyclic) bond motifs is 4. The zero-order valence-electron chi connectivity index (χ0n) is 23.0. The van der Waals surface area contributed by atoms with Gasteiger partial charge in [0.15, 0.2) is 5.82 Å². The van der Waals surface area contributed by atoms with E-state index < -0.39 is 0 Å². The predicted molar refractivity (Wildman–Crippen MR) is 152 cm³/mol. The van der Waals surface area contributed by atoms with E-state index in [0.717, 1.165) is 85.7 Å². The van der Waals surface area contributed by atoms with Crippen LogP contribution in [0.15, 0.2) is 36.5 Å². The van der Waals surface area contributed by atoms with Gasteiger partial charge in [0.05, 0.1) is 24.9 Å². The average molecular weight is 541 g/mol. The summed E-state index contributed by atoms with van der Waals surface area (Å²) in [6.07, 6.45) is 7.49. The maximum atomic E-state index is 13.8. The van der Waals surface area contributed by atoms with E-state index in [1.54, 1.807) is 7.11 Å². The maximum Gasteiger partial charge on any atom is 0.254 e. The summed E-state index contributed by atoms with van der Waals surface area (Å²) in [5.74, 6) is 3.07. The van der Waals surface area contributed by atoms with Crippen molar-refractivity contribution in [1.29, 1.82) is 0 Å². The number of hydrogen-bond acceptors (Lipinski definition) is 6. The Morgan fingerprint density at radius 1 is 1.10 bits per heavy atom. The van der Waals surface area contributed by atoms with Crippen LogP contribution in [-0.4, -0.2) is 68.9 Å². The number of ether oxygens (including phenoxy) is 2. The number of methoxy groups -OCH3 is 1. The Morgan fingerprint density at radius 3 is 2.70 bits per heavy atom. The van der Waals surface area contributed by atoms with Crippen LogP contribution in [0.3, 0.4) is 0 Å². The molecule has 0 unspecified atom stereocenters. The van der Waals surface area contributed by atoms with Gasteiger partial charge in [0.25, 0.3) is 5.91 Å². The zero-order chi connectivity index (χ0) is 27.0. The Morgan fingerprint density at radius 2 is 1.98 bits per heavy atom. The van der Waals surface area contributed by atoms with Crippen molar-refractivity contribution in [3.8, 4) is 17.3 Å². The van der Waals surface area contributed by atoms with Crippen LogP contribution in [0.1, 0.15) is 42.5 Å². The molecule has 2 bridgehead atoms. The van der Waals surface area contributed by atoms with E-state index in [1.807, 2.05) is 29.3 Å². The number of nitrogens with zero attached hydrogens (tertiary/aromatic N) is 5. The van der Waals surface area contributed by atoms with E-state index in [0.29, 0.717) is 29.1 Å². The van der Waals surface area contributed by atoms with Crippen LogP contribution in [0, 0.1) is 17.8 Å². The first-order valence-corrected chi connectivity index (χ1v) is 14.8. The van der Waals surface area contributed by atoms with Gasteiger partial charge in [-0.05, 0) is 74.3 Å². The Labute approximate surface area is 233 Å². The highest BCUT2D eigenvalue weighted by atomic mass is 16.5. The highest BCUT2D eigenvalue weighted by Crippen LogP contribution is 2.40. The van der Waals surface area contributed by atoms with Crippen molar-refractivity contribution in [2.45, 2.75) is 57.3 Å². The molecule has 9 heteroatoms. The molecule has 2 saturated heterocycles. The molecule has 2 saturated carbocycles. The Kier molecular flexibility index (Phi) is 5.67. The minimum absolute atomic E-state index is 0.0233. The summed E-state index contributed by atoms with van der Waals surface area (Å²) in [5, 5.41) is 1.12. The fourth-order valence-corrected chi connectivity index (χ4v) is 7.33. The van der Waals surface area contributed by atoms with Crippen LogP contribution in [0.2, 0.25) is 0 Å². The number of amides is 1. The molecule has 4 aromatic rings. The fourth-order valence-electron chi connectivity index (χ4n) is 7.33. The van der Waals surface area contributed by atoms with Crippen LogP contribution in [0.25, 0.3) is 33.6 Å². The number of carbonyl (C=O) groups excluding carboxylic acids is 1. The Balaban J connectivity index is 1.29. The lowest BCUT2D eigenvalue weighted by Gasteiger charge is -2.27. The second kappa shape index (κ2) is 9.31. The molecule has 208 valence electrons. The second-order valence-corrected chi connectivity index (χ2v) is 12.3. The first kappa shape index (κ1) is 24.4. The van der Waals surface area contributed by atoms with Gasteiger partial charge in [-0.1, -0.05) is 0 Å². The number of nitrogens with two attached hydrogens (primary N) is 1. The standard InChI is InChI=1S/C31H36N6O3/c1-39-26-13-22(31(38)36-16-21-6-7-24(36)27(21)32)11-23-28(26)37(15-19-8-10-40-17-19)30(34-23)25-12-20-3-2-9-33-29(20)35(25)14-18-4-5-18/h2-3,9,11-13,18-19,21,24,27H,4-8,10,14-17,32H2,1H3/t19-,21-,24-,27-/m1/s1. The number of aromatic nitrogens is 4. The lowest BCUT2D eigenvalue weighted by Crippen LogP contribution is -2.41. The lowest BCUT2D eigenvalue weighted by atomic mass is 10.1. The van der Waals surface area contributed by atoms with Gasteiger partial charge in [-0.2, -0.15) is 0 Å². The minimum Gasteiger partial charge on any atom is -0.494 e. The lowest BCUT2D eigenvalue weighted by molar-refractivity contribution is 0.0700. The summed E-state index contributed by atoms with van der Waals surface area (Å²) in [7, 11) is 1.68. The molecule has 4 fully saturated rings. The quantitative estimate of drug-likeness (QED) is 0.379. The van der Waals surface area contributed by atoms with Crippen LogP contribution in [0.5, 0.6) is 5.75 Å². The predicted octanol–water partition coefficient (Wildman–Crippen LogP) is 4.07. The van der Waals surface area contributed by atoms with Crippen molar-refractivity contribution in [1.82, 2.24) is 24.0 Å². The Bertz CT molecular complexity index is 1610. The first-order valence-electron chi connectivity index (χ1n) is 14.8. The minimum atomic E-state index is 0.0233. The summed E-state index contributed by atoms with van der Waals surface area (Å²) in [5.41, 5.74) is 10.8. The van der Waals surface area contributed by atoms with Gasteiger partial charge in [-0.25, -0.2) is 9.97 Å². The van der Waals surface area contributed by atoms with E-state index in [2.05, 4.69) is 21.3 Å². The van der Waals surface area contributed by atoms with Gasteiger partial charge in [0.2, 0.25) is 0 Å². The summed E-state index contributed by atoms with van der Waals surface area (Å²) < 4.78 is 16.4. The topological polar surface area (TPSA) is 100 Å². The van der Waals surface area contributed by atoms with Gasteiger partial charge >= 0.3 is 0 Å². The van der Waals surface area contributed by atoms with E-state index in [4.69, 9.17) is 25.2 Å². The zero-order valence-corrected chi connectivity index (χ0v) is 23.0. The highest BCUT2D eigenvalue weighted by Gasteiger charge is 2.47. The molecular weight excluding hydrogens is 504 g/mol. The van der Waals surface area contributed by atoms with Crippen molar-refractivity contribution in [3.63, 3.8) is 0 Å². The van der Waals surface area contributed by atoms with Crippen LogP contribution in [0.4, 0.5) is 0 Å². The van der Waals surface area contributed by atoms with Gasteiger partial charge < -0.3 is 29.2 Å². The molecule has 2 aliphatic carbocycles. The third kappa shape index (κ3) is 3.85. The number of pyridine rings is 1.